The second-order valence-electron chi connectivity index (χ2n) is 7.19. The lowest BCUT2D eigenvalue weighted by molar-refractivity contribution is -0.121. The summed E-state index contributed by atoms with van der Waals surface area (Å²) in [6, 6.07) is 16.1. The number of carbonyl (C=O) groups excluding carboxylic acids is 1. The minimum Gasteiger partial charge on any atom is -0.411 e. The van der Waals surface area contributed by atoms with Gasteiger partial charge in [0.05, 0.1) is 11.3 Å². The van der Waals surface area contributed by atoms with Crippen LogP contribution in [0.15, 0.2) is 58.2 Å². The van der Waals surface area contributed by atoms with E-state index in [9.17, 15) is 4.79 Å². The van der Waals surface area contributed by atoms with Crippen LogP contribution in [0.5, 0.6) is 0 Å². The first kappa shape index (κ1) is 21.1. The molecule has 2 atom stereocenters. The molecule has 0 spiro atoms. The van der Waals surface area contributed by atoms with Crippen LogP contribution in [0.25, 0.3) is 11.5 Å². The summed E-state index contributed by atoms with van der Waals surface area (Å²) in [5.41, 5.74) is 4.39. The molecule has 0 unspecified atom stereocenters. The zero-order chi connectivity index (χ0) is 20.8. The van der Waals surface area contributed by atoms with E-state index in [4.69, 9.17) is 4.42 Å². The molecule has 29 heavy (non-hydrogen) atoms. The Morgan fingerprint density at radius 3 is 2.55 bits per heavy atom. The highest BCUT2D eigenvalue weighted by Crippen LogP contribution is 2.28. The number of aryl methyl sites for hydroxylation is 2. The van der Waals surface area contributed by atoms with Crippen LogP contribution < -0.4 is 5.32 Å². The Bertz CT molecular complexity index is 956. The molecule has 6 heteroatoms. The van der Waals surface area contributed by atoms with Gasteiger partial charge in [-0.15, -0.1) is 10.2 Å². The summed E-state index contributed by atoms with van der Waals surface area (Å²) in [4.78, 5) is 12.7. The van der Waals surface area contributed by atoms with Crippen molar-refractivity contribution in [2.75, 3.05) is 0 Å². The molecule has 0 fully saturated rings. The maximum atomic E-state index is 12.7. The van der Waals surface area contributed by atoms with Crippen molar-refractivity contribution >= 4 is 17.7 Å². The van der Waals surface area contributed by atoms with Gasteiger partial charge in [-0.1, -0.05) is 61.5 Å². The van der Waals surface area contributed by atoms with E-state index in [0.717, 1.165) is 24.0 Å². The molecule has 1 N–H and O–H groups in total. The van der Waals surface area contributed by atoms with E-state index in [1.54, 1.807) is 0 Å². The maximum Gasteiger partial charge on any atom is 0.277 e. The average Bonchev–Trinajstić information content (AvgIpc) is 3.18. The molecule has 2 aromatic carbocycles. The standard InChI is InChI=1S/C23H27N3O2S/c1-5-9-20(18-10-7-6-8-11-18)24-21(27)17(4)29-23-26-25-22(28-23)19-13-12-15(2)16(3)14-19/h6-8,10-14,17,20H,5,9H2,1-4H3,(H,24,27)/t17-,20-/m0/s1. The van der Waals surface area contributed by atoms with Crippen molar-refractivity contribution in [2.45, 2.75) is 57.1 Å². The third kappa shape index (κ3) is 5.48. The van der Waals surface area contributed by atoms with E-state index in [0.29, 0.717) is 11.1 Å². The number of rotatable bonds is 8. The van der Waals surface area contributed by atoms with Crippen LogP contribution in [0.3, 0.4) is 0 Å². The predicted octanol–water partition coefficient (Wildman–Crippen LogP) is 5.49. The van der Waals surface area contributed by atoms with Crippen molar-refractivity contribution < 1.29 is 9.21 Å². The molecule has 0 aliphatic heterocycles. The highest BCUT2D eigenvalue weighted by atomic mass is 32.2. The first-order chi connectivity index (χ1) is 14.0. The number of nitrogens with zero attached hydrogens (tertiary/aromatic N) is 2. The van der Waals surface area contributed by atoms with Crippen molar-refractivity contribution in [3.05, 3.63) is 65.2 Å². The van der Waals surface area contributed by atoms with E-state index in [1.807, 2.05) is 55.5 Å². The molecule has 0 saturated carbocycles. The molecular weight excluding hydrogens is 382 g/mol. The number of hydrogen-bond acceptors (Lipinski definition) is 5. The van der Waals surface area contributed by atoms with Gasteiger partial charge < -0.3 is 9.73 Å². The van der Waals surface area contributed by atoms with E-state index >= 15 is 0 Å². The second-order valence-corrected chi connectivity index (χ2v) is 8.48. The lowest BCUT2D eigenvalue weighted by Crippen LogP contribution is -2.34. The summed E-state index contributed by atoms with van der Waals surface area (Å²) >= 11 is 1.28. The van der Waals surface area contributed by atoms with Gasteiger partial charge >= 0.3 is 0 Å². The molecule has 5 nitrogen and oxygen atoms in total. The summed E-state index contributed by atoms with van der Waals surface area (Å²) in [5.74, 6) is 0.430. The largest absolute Gasteiger partial charge is 0.411 e. The highest BCUT2D eigenvalue weighted by molar-refractivity contribution is 8.00. The van der Waals surface area contributed by atoms with E-state index in [-0.39, 0.29) is 17.2 Å². The molecule has 0 bridgehead atoms. The number of nitrogens with one attached hydrogen (secondary N) is 1. The Morgan fingerprint density at radius 1 is 1.10 bits per heavy atom. The fourth-order valence-electron chi connectivity index (χ4n) is 3.04. The Morgan fingerprint density at radius 2 is 1.86 bits per heavy atom. The summed E-state index contributed by atoms with van der Waals surface area (Å²) in [5, 5.41) is 11.5. The number of amides is 1. The molecule has 0 radical (unpaired) electrons. The third-order valence-electron chi connectivity index (χ3n) is 4.90. The third-order valence-corrected chi connectivity index (χ3v) is 5.84. The van der Waals surface area contributed by atoms with Gasteiger partial charge in [-0.05, 0) is 56.0 Å². The predicted molar refractivity (Wildman–Crippen MR) is 117 cm³/mol. The van der Waals surface area contributed by atoms with E-state index in [2.05, 4.69) is 36.3 Å². The Hall–Kier alpha value is -2.60. The maximum absolute atomic E-state index is 12.7. The Labute approximate surface area is 176 Å². The van der Waals surface area contributed by atoms with Crippen LogP contribution in [0, 0.1) is 13.8 Å². The van der Waals surface area contributed by atoms with Crippen molar-refractivity contribution in [1.29, 1.82) is 0 Å². The van der Waals surface area contributed by atoms with Crippen molar-refractivity contribution in [2.24, 2.45) is 0 Å². The Kier molecular flexibility index (Phi) is 7.09. The SMILES string of the molecule is CCC[C@H](NC(=O)[C@H](C)Sc1nnc(-c2ccc(C)c(C)c2)o1)c1ccccc1. The van der Waals surface area contributed by atoms with Crippen LogP contribution in [-0.4, -0.2) is 21.4 Å². The van der Waals surface area contributed by atoms with Gasteiger partial charge in [0, 0.05) is 5.56 Å². The molecule has 1 amide bonds. The van der Waals surface area contributed by atoms with Crippen LogP contribution in [-0.2, 0) is 4.79 Å². The zero-order valence-electron chi connectivity index (χ0n) is 17.3. The number of hydrogen-bond donors (Lipinski definition) is 1. The van der Waals surface area contributed by atoms with Crippen LogP contribution in [0.4, 0.5) is 0 Å². The number of aromatic nitrogens is 2. The minimum atomic E-state index is -0.342. The smallest absolute Gasteiger partial charge is 0.277 e. The Balaban J connectivity index is 1.65. The lowest BCUT2D eigenvalue weighted by Gasteiger charge is -2.20. The van der Waals surface area contributed by atoms with Crippen molar-refractivity contribution in [1.82, 2.24) is 15.5 Å². The monoisotopic (exact) mass is 409 g/mol. The van der Waals surface area contributed by atoms with E-state index in [1.165, 1.54) is 22.9 Å². The minimum absolute atomic E-state index is 0.00512. The van der Waals surface area contributed by atoms with E-state index < -0.39 is 0 Å². The van der Waals surface area contributed by atoms with Crippen LogP contribution >= 0.6 is 11.8 Å². The fourth-order valence-corrected chi connectivity index (χ4v) is 3.73. The van der Waals surface area contributed by atoms with Gasteiger partial charge in [-0.2, -0.15) is 0 Å². The zero-order valence-corrected chi connectivity index (χ0v) is 18.1. The van der Waals surface area contributed by atoms with Crippen molar-refractivity contribution in [3.8, 4) is 11.5 Å². The second kappa shape index (κ2) is 9.74. The van der Waals surface area contributed by atoms with Crippen LogP contribution in [0.1, 0.15) is 49.4 Å². The number of benzene rings is 2. The molecular formula is C23H27N3O2S. The normalized spacial score (nSPS) is 13.1. The molecule has 3 aromatic rings. The molecule has 0 saturated heterocycles. The lowest BCUT2D eigenvalue weighted by atomic mass is 10.0. The first-order valence-electron chi connectivity index (χ1n) is 9.91. The molecule has 0 aliphatic rings. The fraction of sp³-hybridized carbons (Fsp3) is 0.348. The number of carbonyl (C=O) groups is 1. The van der Waals surface area contributed by atoms with Gasteiger partial charge in [-0.25, -0.2) is 0 Å². The molecule has 1 aromatic heterocycles. The average molecular weight is 410 g/mol. The van der Waals surface area contributed by atoms with Gasteiger partial charge in [0.2, 0.25) is 11.8 Å². The van der Waals surface area contributed by atoms with Gasteiger partial charge in [0.1, 0.15) is 0 Å². The first-order valence-corrected chi connectivity index (χ1v) is 10.8. The summed E-state index contributed by atoms with van der Waals surface area (Å²) in [6.45, 7) is 8.09. The molecule has 3 rings (SSSR count). The van der Waals surface area contributed by atoms with Gasteiger partial charge in [0.25, 0.3) is 5.22 Å². The molecule has 0 aliphatic carbocycles. The number of thioether (sulfide) groups is 1. The van der Waals surface area contributed by atoms with Gasteiger partial charge in [-0.3, -0.25) is 4.79 Å². The molecule has 152 valence electrons. The summed E-state index contributed by atoms with van der Waals surface area (Å²) in [6.07, 6.45) is 1.88. The topological polar surface area (TPSA) is 68.0 Å². The summed E-state index contributed by atoms with van der Waals surface area (Å²) < 4.78 is 5.78. The van der Waals surface area contributed by atoms with Crippen molar-refractivity contribution in [3.63, 3.8) is 0 Å². The van der Waals surface area contributed by atoms with Crippen LogP contribution in [0.2, 0.25) is 0 Å². The molecule has 1 heterocycles. The summed E-state index contributed by atoms with van der Waals surface area (Å²) in [7, 11) is 0. The quantitative estimate of drug-likeness (QED) is 0.498. The highest BCUT2D eigenvalue weighted by Gasteiger charge is 2.22. The van der Waals surface area contributed by atoms with Gasteiger partial charge in [0.15, 0.2) is 0 Å².